The fourth-order valence-electron chi connectivity index (χ4n) is 3.61. The van der Waals surface area contributed by atoms with Crippen LogP contribution in [0.2, 0.25) is 0 Å². The van der Waals surface area contributed by atoms with Crippen LogP contribution in [0, 0.1) is 6.92 Å². The molecule has 2 aromatic carbocycles. The quantitative estimate of drug-likeness (QED) is 0.550. The number of H-pyrrole nitrogens is 1. The summed E-state index contributed by atoms with van der Waals surface area (Å²) in [6, 6.07) is 12.1. The van der Waals surface area contributed by atoms with Crippen molar-refractivity contribution in [3.63, 3.8) is 0 Å². The fourth-order valence-corrected chi connectivity index (χ4v) is 5.02. The molecule has 1 aliphatic rings. The normalized spacial score (nSPS) is 15.5. The molecule has 0 atom stereocenters. The van der Waals surface area contributed by atoms with Crippen molar-refractivity contribution in [1.82, 2.24) is 9.29 Å². The van der Waals surface area contributed by atoms with Crippen molar-refractivity contribution in [2.24, 2.45) is 10.2 Å². The minimum atomic E-state index is -3.54. The molecular weight excluding hydrogens is 432 g/mol. The van der Waals surface area contributed by atoms with Gasteiger partial charge in [-0.25, -0.2) is 8.42 Å². The average Bonchev–Trinajstić information content (AvgIpc) is 3.13. The molecule has 1 aromatic heterocycles. The maximum atomic E-state index is 12.7. The summed E-state index contributed by atoms with van der Waals surface area (Å²) in [5, 5.41) is 18.5. The molecule has 1 amide bonds. The zero-order valence-electron chi connectivity index (χ0n) is 17.6. The molecule has 0 aliphatic carbocycles. The topological polar surface area (TPSA) is 124 Å². The van der Waals surface area contributed by atoms with Crippen LogP contribution in [-0.2, 0) is 26.0 Å². The van der Waals surface area contributed by atoms with Gasteiger partial charge in [-0.05, 0) is 36.6 Å². The Bertz CT molecular complexity index is 1260. The van der Waals surface area contributed by atoms with E-state index in [1.807, 2.05) is 19.1 Å². The van der Waals surface area contributed by atoms with Crippen molar-refractivity contribution in [3.05, 3.63) is 53.6 Å². The lowest BCUT2D eigenvalue weighted by atomic mass is 10.1. The summed E-state index contributed by atoms with van der Waals surface area (Å²) in [6.07, 6.45) is 0.510. The number of carbonyl (C=O) groups excluding carboxylic acids is 1. The van der Waals surface area contributed by atoms with Gasteiger partial charge in [-0.1, -0.05) is 30.3 Å². The number of ether oxygens (including phenoxy) is 1. The number of aromatic hydroxyl groups is 1. The van der Waals surface area contributed by atoms with Gasteiger partial charge in [-0.3, -0.25) is 4.79 Å². The largest absolute Gasteiger partial charge is 0.493 e. The third kappa shape index (κ3) is 4.57. The van der Waals surface area contributed by atoms with Gasteiger partial charge in [0.2, 0.25) is 15.9 Å². The number of aromatic amines is 1. The van der Waals surface area contributed by atoms with Crippen LogP contribution in [0.1, 0.15) is 17.5 Å². The van der Waals surface area contributed by atoms with Crippen molar-refractivity contribution in [3.8, 4) is 5.88 Å². The molecule has 9 nitrogen and oxygen atoms in total. The van der Waals surface area contributed by atoms with E-state index >= 15 is 0 Å². The summed E-state index contributed by atoms with van der Waals surface area (Å²) in [5.74, 6) is -0.570. The third-order valence-corrected chi connectivity index (χ3v) is 7.33. The van der Waals surface area contributed by atoms with E-state index in [-0.39, 0.29) is 22.9 Å². The Morgan fingerprint density at radius 3 is 2.59 bits per heavy atom. The zero-order valence-corrected chi connectivity index (χ0v) is 18.4. The van der Waals surface area contributed by atoms with E-state index in [0.717, 1.165) is 16.6 Å². The smallest absolute Gasteiger partial charge is 0.265 e. The molecule has 1 fully saturated rings. The molecular formula is C22H24N4O5S. The Morgan fingerprint density at radius 1 is 1.16 bits per heavy atom. The molecule has 0 saturated carbocycles. The standard InChI is InChI=1S/C22H24N4O5S/c1-15-3-2-4-18-20(15)23-22(28)21(18)25-24-19(27)10-7-16-5-8-17(9-6-16)32(29,30)26-11-13-31-14-12-26/h2-6,8-9,23,28H,7,10-14H2,1H3. The van der Waals surface area contributed by atoms with Crippen molar-refractivity contribution in [1.29, 1.82) is 0 Å². The molecule has 0 radical (unpaired) electrons. The molecule has 4 rings (SSSR count). The molecule has 0 unspecified atom stereocenters. The number of nitrogens with one attached hydrogen (secondary N) is 1. The lowest BCUT2D eigenvalue weighted by Crippen LogP contribution is -2.40. The average molecular weight is 457 g/mol. The van der Waals surface area contributed by atoms with Crippen molar-refractivity contribution < 1.29 is 23.1 Å². The summed E-state index contributed by atoms with van der Waals surface area (Å²) in [5.41, 5.74) is 2.75. The third-order valence-electron chi connectivity index (χ3n) is 5.42. The summed E-state index contributed by atoms with van der Waals surface area (Å²) < 4.78 is 32.0. The first-order valence-corrected chi connectivity index (χ1v) is 11.7. The number of carbonyl (C=O) groups is 1. The Balaban J connectivity index is 1.38. The number of morpholine rings is 1. The van der Waals surface area contributed by atoms with Gasteiger partial charge >= 0.3 is 0 Å². The Hall–Kier alpha value is -3.08. The Morgan fingerprint density at radius 2 is 1.88 bits per heavy atom. The number of hydrogen-bond donors (Lipinski definition) is 2. The van der Waals surface area contributed by atoms with E-state index in [1.54, 1.807) is 30.3 Å². The second-order valence-electron chi connectivity index (χ2n) is 7.57. The van der Waals surface area contributed by atoms with Crippen LogP contribution in [0.15, 0.2) is 57.6 Å². The molecule has 0 spiro atoms. The first-order valence-electron chi connectivity index (χ1n) is 10.3. The maximum absolute atomic E-state index is 12.7. The highest BCUT2D eigenvalue weighted by Gasteiger charge is 2.26. The number of rotatable bonds is 6. The van der Waals surface area contributed by atoms with Crippen LogP contribution in [0.4, 0.5) is 5.69 Å². The zero-order chi connectivity index (χ0) is 22.7. The minimum Gasteiger partial charge on any atom is -0.493 e. The number of hydrogen-bond acceptors (Lipinski definition) is 6. The van der Waals surface area contributed by atoms with Crippen LogP contribution < -0.4 is 0 Å². The monoisotopic (exact) mass is 456 g/mol. The van der Waals surface area contributed by atoms with Crippen LogP contribution in [0.25, 0.3) is 10.9 Å². The van der Waals surface area contributed by atoms with Crippen LogP contribution in [0.5, 0.6) is 5.88 Å². The predicted octanol–water partition coefficient (Wildman–Crippen LogP) is 3.45. The molecule has 2 N–H and O–H groups in total. The SMILES string of the molecule is Cc1cccc2c(N=NC(=O)CCc3ccc(S(=O)(=O)N4CCOCC4)cc3)c(O)[nH]c12. The van der Waals surface area contributed by atoms with Crippen LogP contribution in [0.3, 0.4) is 0 Å². The Labute approximate surface area is 185 Å². The fraction of sp³-hybridized carbons (Fsp3) is 0.318. The van der Waals surface area contributed by atoms with Crippen molar-refractivity contribution in [2.75, 3.05) is 26.3 Å². The van der Waals surface area contributed by atoms with Crippen LogP contribution in [-0.4, -0.2) is 55.0 Å². The molecule has 2 heterocycles. The lowest BCUT2D eigenvalue weighted by Gasteiger charge is -2.26. The van der Waals surface area contributed by atoms with Gasteiger partial charge in [0, 0.05) is 24.9 Å². The number of aryl methyl sites for hydroxylation is 2. The molecule has 32 heavy (non-hydrogen) atoms. The summed E-state index contributed by atoms with van der Waals surface area (Å²) >= 11 is 0. The number of azo groups is 1. The second-order valence-corrected chi connectivity index (χ2v) is 9.51. The number of nitrogens with zero attached hydrogens (tertiary/aromatic N) is 3. The van der Waals surface area contributed by atoms with Gasteiger partial charge in [0.1, 0.15) is 0 Å². The maximum Gasteiger partial charge on any atom is 0.265 e. The van der Waals surface area contributed by atoms with Crippen molar-refractivity contribution >= 4 is 32.5 Å². The predicted molar refractivity (Wildman–Crippen MR) is 119 cm³/mol. The number of fused-ring (bicyclic) bond motifs is 1. The lowest BCUT2D eigenvalue weighted by molar-refractivity contribution is -0.118. The molecule has 0 bridgehead atoms. The van der Waals surface area contributed by atoms with Crippen LogP contribution >= 0.6 is 0 Å². The highest BCUT2D eigenvalue weighted by molar-refractivity contribution is 7.89. The van der Waals surface area contributed by atoms with Gasteiger partial charge in [0.05, 0.1) is 23.6 Å². The van der Waals surface area contributed by atoms with Crippen molar-refractivity contribution in [2.45, 2.75) is 24.7 Å². The molecule has 1 aliphatic heterocycles. The van der Waals surface area contributed by atoms with E-state index in [1.165, 1.54) is 4.31 Å². The number of amides is 1. The molecule has 3 aromatic rings. The summed E-state index contributed by atoms with van der Waals surface area (Å²) in [4.78, 5) is 15.3. The number of para-hydroxylation sites is 1. The van der Waals surface area contributed by atoms with Gasteiger partial charge in [-0.2, -0.15) is 4.31 Å². The van der Waals surface area contributed by atoms with E-state index < -0.39 is 15.9 Å². The van der Waals surface area contributed by atoms with E-state index in [4.69, 9.17) is 4.74 Å². The summed E-state index contributed by atoms with van der Waals surface area (Å²) in [6.45, 7) is 3.37. The second kappa shape index (κ2) is 9.19. The highest BCUT2D eigenvalue weighted by Crippen LogP contribution is 2.36. The highest BCUT2D eigenvalue weighted by atomic mass is 32.2. The first-order chi connectivity index (χ1) is 15.4. The van der Waals surface area contributed by atoms with E-state index in [2.05, 4.69) is 15.2 Å². The van der Waals surface area contributed by atoms with Gasteiger partial charge in [0.15, 0.2) is 5.69 Å². The van der Waals surface area contributed by atoms with Gasteiger partial charge in [0.25, 0.3) is 5.91 Å². The molecule has 168 valence electrons. The number of aromatic nitrogens is 1. The minimum absolute atomic E-state index is 0.112. The van der Waals surface area contributed by atoms with Gasteiger partial charge < -0.3 is 14.8 Å². The summed E-state index contributed by atoms with van der Waals surface area (Å²) in [7, 11) is -3.54. The molecule has 10 heteroatoms. The molecule has 1 saturated heterocycles. The van der Waals surface area contributed by atoms with Gasteiger partial charge in [-0.15, -0.1) is 10.2 Å². The number of sulfonamides is 1. The first kappa shape index (κ1) is 22.1. The van der Waals surface area contributed by atoms with E-state index in [9.17, 15) is 18.3 Å². The van der Waals surface area contributed by atoms with E-state index in [0.29, 0.717) is 38.1 Å². The number of benzene rings is 2. The Kier molecular flexibility index (Phi) is 6.35.